The number of nitrogens with two attached hydrogens (primary N) is 1. The monoisotopic (exact) mass is 271 g/mol. The molecule has 0 aromatic heterocycles. The van der Waals surface area contributed by atoms with Gasteiger partial charge in [0.05, 0.1) is 0 Å². The molecule has 2 atom stereocenters. The van der Waals surface area contributed by atoms with Gasteiger partial charge in [0.15, 0.2) is 0 Å². The number of ether oxygens (including phenoxy) is 1. The van der Waals surface area contributed by atoms with E-state index in [0.717, 1.165) is 35.1 Å². The third kappa shape index (κ3) is 3.80. The molecule has 2 unspecified atom stereocenters. The Hall–Kier alpha value is -0.380. The summed E-state index contributed by atoms with van der Waals surface area (Å²) >= 11 is 7.87. The molecule has 17 heavy (non-hydrogen) atoms. The van der Waals surface area contributed by atoms with E-state index in [-0.39, 0.29) is 0 Å². The molecule has 4 heteroatoms. The highest BCUT2D eigenvalue weighted by atomic mass is 35.5. The van der Waals surface area contributed by atoms with Gasteiger partial charge in [-0.15, -0.1) is 0 Å². The van der Waals surface area contributed by atoms with Crippen molar-refractivity contribution in [3.63, 3.8) is 0 Å². The second-order valence-electron chi connectivity index (χ2n) is 4.54. The maximum Gasteiger partial charge on any atom is 0.123 e. The van der Waals surface area contributed by atoms with Crippen molar-refractivity contribution in [3.05, 3.63) is 28.8 Å². The minimum absolute atomic E-state index is 0.293. The fraction of sp³-hybridized carbons (Fsp3) is 0.538. The molecule has 1 aromatic rings. The summed E-state index contributed by atoms with van der Waals surface area (Å²) in [7, 11) is 0. The van der Waals surface area contributed by atoms with E-state index in [9.17, 15) is 0 Å². The highest BCUT2D eigenvalue weighted by Crippen LogP contribution is 2.32. The Morgan fingerprint density at radius 2 is 2.41 bits per heavy atom. The molecule has 0 saturated carbocycles. The van der Waals surface area contributed by atoms with Crippen LogP contribution in [0.25, 0.3) is 0 Å². The van der Waals surface area contributed by atoms with Gasteiger partial charge >= 0.3 is 0 Å². The number of hydrogen-bond acceptors (Lipinski definition) is 3. The van der Waals surface area contributed by atoms with Gasteiger partial charge in [-0.1, -0.05) is 11.6 Å². The standard InChI is InChI=1S/C13H18ClNOS/c1-9(15)4-5-17-8-12-7-10-6-11(14)2-3-13(10)16-12/h2-3,6,9,12H,4-5,7-8,15H2,1H3. The predicted molar refractivity (Wildman–Crippen MR) is 75.2 cm³/mol. The van der Waals surface area contributed by atoms with Gasteiger partial charge in [0, 0.05) is 23.2 Å². The van der Waals surface area contributed by atoms with E-state index in [1.807, 2.05) is 36.9 Å². The van der Waals surface area contributed by atoms with Crippen LogP contribution in [0.5, 0.6) is 5.75 Å². The first-order valence-electron chi connectivity index (χ1n) is 5.93. The summed E-state index contributed by atoms with van der Waals surface area (Å²) in [5, 5.41) is 0.789. The van der Waals surface area contributed by atoms with Crippen LogP contribution in [0.3, 0.4) is 0 Å². The number of hydrogen-bond donors (Lipinski definition) is 1. The maximum atomic E-state index is 5.96. The predicted octanol–water partition coefficient (Wildman–Crippen LogP) is 3.11. The number of thioether (sulfide) groups is 1. The Kier molecular flexibility index (Phi) is 4.60. The van der Waals surface area contributed by atoms with E-state index >= 15 is 0 Å². The van der Waals surface area contributed by atoms with Crippen molar-refractivity contribution >= 4 is 23.4 Å². The zero-order valence-electron chi connectivity index (χ0n) is 9.99. The molecule has 0 amide bonds. The van der Waals surface area contributed by atoms with Gasteiger partial charge < -0.3 is 10.5 Å². The highest BCUT2D eigenvalue weighted by molar-refractivity contribution is 7.99. The molecule has 1 aromatic carbocycles. The Morgan fingerprint density at radius 3 is 3.18 bits per heavy atom. The Balaban J connectivity index is 1.76. The van der Waals surface area contributed by atoms with E-state index in [2.05, 4.69) is 0 Å². The number of halogens is 1. The molecule has 2 rings (SSSR count). The zero-order valence-corrected chi connectivity index (χ0v) is 11.6. The van der Waals surface area contributed by atoms with E-state index in [1.165, 1.54) is 5.56 Å². The minimum Gasteiger partial charge on any atom is -0.489 e. The third-order valence-corrected chi connectivity index (χ3v) is 4.15. The molecule has 2 nitrogen and oxygen atoms in total. The van der Waals surface area contributed by atoms with Crippen LogP contribution >= 0.6 is 23.4 Å². The van der Waals surface area contributed by atoms with Crippen molar-refractivity contribution in [1.29, 1.82) is 0 Å². The first-order chi connectivity index (χ1) is 8.15. The average molecular weight is 272 g/mol. The topological polar surface area (TPSA) is 35.2 Å². The lowest BCUT2D eigenvalue weighted by Crippen LogP contribution is -2.18. The van der Waals surface area contributed by atoms with Crippen molar-refractivity contribution in [1.82, 2.24) is 0 Å². The smallest absolute Gasteiger partial charge is 0.123 e. The van der Waals surface area contributed by atoms with Crippen LogP contribution in [0.4, 0.5) is 0 Å². The van der Waals surface area contributed by atoms with Crippen LogP contribution in [0.2, 0.25) is 5.02 Å². The van der Waals surface area contributed by atoms with Crippen LogP contribution in [-0.2, 0) is 6.42 Å². The lowest BCUT2D eigenvalue weighted by molar-refractivity contribution is 0.259. The van der Waals surface area contributed by atoms with E-state index in [1.54, 1.807) is 0 Å². The van der Waals surface area contributed by atoms with Crippen molar-refractivity contribution < 1.29 is 4.74 Å². The molecule has 1 heterocycles. The van der Waals surface area contributed by atoms with Gasteiger partial charge in [0.25, 0.3) is 0 Å². The van der Waals surface area contributed by atoms with Crippen LogP contribution < -0.4 is 10.5 Å². The van der Waals surface area contributed by atoms with Crippen molar-refractivity contribution in [2.75, 3.05) is 11.5 Å². The van der Waals surface area contributed by atoms with Gasteiger partial charge in [0.2, 0.25) is 0 Å². The molecule has 0 bridgehead atoms. The summed E-state index contributed by atoms with van der Waals surface area (Å²) in [4.78, 5) is 0. The molecule has 0 spiro atoms. The van der Waals surface area contributed by atoms with Gasteiger partial charge in [-0.25, -0.2) is 0 Å². The first-order valence-corrected chi connectivity index (χ1v) is 7.47. The summed E-state index contributed by atoms with van der Waals surface area (Å²) < 4.78 is 5.86. The molecule has 0 saturated heterocycles. The van der Waals surface area contributed by atoms with E-state index in [4.69, 9.17) is 22.1 Å². The largest absolute Gasteiger partial charge is 0.489 e. The summed E-state index contributed by atoms with van der Waals surface area (Å²) in [6.07, 6.45) is 2.33. The SMILES string of the molecule is CC(N)CCSCC1Cc2cc(Cl)ccc2O1. The molecular formula is C13H18ClNOS. The quantitative estimate of drug-likeness (QED) is 0.836. The highest BCUT2D eigenvalue weighted by Gasteiger charge is 2.22. The lowest BCUT2D eigenvalue weighted by Gasteiger charge is -2.10. The summed E-state index contributed by atoms with van der Waals surface area (Å²) in [5.74, 6) is 3.13. The number of benzene rings is 1. The van der Waals surface area contributed by atoms with Crippen molar-refractivity contribution in [3.8, 4) is 5.75 Å². The van der Waals surface area contributed by atoms with Crippen LogP contribution in [0.1, 0.15) is 18.9 Å². The maximum absolute atomic E-state index is 5.96. The molecule has 94 valence electrons. The molecule has 0 aliphatic carbocycles. The van der Waals surface area contributed by atoms with E-state index < -0.39 is 0 Å². The molecule has 1 aliphatic rings. The van der Waals surface area contributed by atoms with E-state index in [0.29, 0.717) is 12.1 Å². The molecular weight excluding hydrogens is 254 g/mol. The van der Waals surface area contributed by atoms with Crippen LogP contribution in [-0.4, -0.2) is 23.7 Å². The van der Waals surface area contributed by atoms with Crippen molar-refractivity contribution in [2.45, 2.75) is 31.9 Å². The summed E-state index contributed by atoms with van der Waals surface area (Å²) in [6, 6.07) is 6.14. The second-order valence-corrected chi connectivity index (χ2v) is 6.12. The van der Waals surface area contributed by atoms with Crippen molar-refractivity contribution in [2.24, 2.45) is 5.73 Å². The number of rotatable bonds is 5. The summed E-state index contributed by atoms with van der Waals surface area (Å²) in [6.45, 7) is 2.05. The normalized spacial score (nSPS) is 19.8. The van der Waals surface area contributed by atoms with Gasteiger partial charge in [-0.2, -0.15) is 11.8 Å². The first kappa shape index (κ1) is 13.1. The second kappa shape index (κ2) is 5.98. The molecule has 0 fully saturated rings. The average Bonchev–Trinajstić information content (AvgIpc) is 2.66. The number of fused-ring (bicyclic) bond motifs is 1. The third-order valence-electron chi connectivity index (χ3n) is 2.79. The Bertz CT molecular complexity index is 384. The minimum atomic E-state index is 0.293. The van der Waals surface area contributed by atoms with Gasteiger partial charge in [-0.3, -0.25) is 0 Å². The lowest BCUT2D eigenvalue weighted by atomic mass is 10.1. The van der Waals surface area contributed by atoms with Gasteiger partial charge in [0.1, 0.15) is 11.9 Å². The molecule has 0 radical (unpaired) electrons. The van der Waals surface area contributed by atoms with Crippen LogP contribution in [0, 0.1) is 0 Å². The van der Waals surface area contributed by atoms with Gasteiger partial charge in [-0.05, 0) is 42.9 Å². The fourth-order valence-corrected chi connectivity index (χ4v) is 3.21. The van der Waals surface area contributed by atoms with Crippen LogP contribution in [0.15, 0.2) is 18.2 Å². The Labute approximate surface area is 112 Å². The summed E-state index contributed by atoms with van der Waals surface area (Å²) in [5.41, 5.74) is 6.94. The fourth-order valence-electron chi connectivity index (χ4n) is 1.87. The zero-order chi connectivity index (χ0) is 12.3. The Morgan fingerprint density at radius 1 is 1.59 bits per heavy atom. The molecule has 1 aliphatic heterocycles. The molecule has 2 N–H and O–H groups in total.